The van der Waals surface area contributed by atoms with Gasteiger partial charge < -0.3 is 5.73 Å². The molecule has 1 saturated carbocycles. The summed E-state index contributed by atoms with van der Waals surface area (Å²) >= 11 is 0. The van der Waals surface area contributed by atoms with Crippen LogP contribution in [0.2, 0.25) is 0 Å². The maximum absolute atomic E-state index is 13.5. The summed E-state index contributed by atoms with van der Waals surface area (Å²) in [7, 11) is 0. The van der Waals surface area contributed by atoms with E-state index in [1.165, 1.54) is 18.2 Å². The van der Waals surface area contributed by atoms with Crippen LogP contribution in [0.1, 0.15) is 12.0 Å². The van der Waals surface area contributed by atoms with Crippen molar-refractivity contribution >= 4 is 0 Å². The molecule has 1 nitrogen and oxygen atoms in total. The quantitative estimate of drug-likeness (QED) is 0.680. The Morgan fingerprint density at radius 2 is 2.00 bits per heavy atom. The van der Waals surface area contributed by atoms with E-state index in [4.69, 9.17) is 5.73 Å². The van der Waals surface area contributed by atoms with Gasteiger partial charge in [-0.3, -0.25) is 0 Å². The Bertz CT molecular complexity index is 313. The molecule has 2 atom stereocenters. The molecule has 2 N–H and O–H groups in total. The van der Waals surface area contributed by atoms with Gasteiger partial charge in [0.15, 0.2) is 5.67 Å². The van der Waals surface area contributed by atoms with Crippen molar-refractivity contribution < 1.29 is 8.78 Å². The normalized spacial score (nSPS) is 33.4. The summed E-state index contributed by atoms with van der Waals surface area (Å²) in [6, 6.07) is 5.32. The Balaban J connectivity index is 2.41. The maximum atomic E-state index is 13.5. The van der Waals surface area contributed by atoms with Crippen molar-refractivity contribution in [3.8, 4) is 0 Å². The van der Waals surface area contributed by atoms with E-state index in [-0.39, 0.29) is 12.0 Å². The molecule has 1 aliphatic rings. The summed E-state index contributed by atoms with van der Waals surface area (Å²) in [4.78, 5) is 0. The third-order valence-corrected chi connectivity index (χ3v) is 2.27. The van der Waals surface area contributed by atoms with Crippen LogP contribution < -0.4 is 5.73 Å². The highest BCUT2D eigenvalue weighted by Gasteiger charge is 2.55. The molecule has 2 rings (SSSR count). The minimum atomic E-state index is -1.61. The molecule has 0 bridgehead atoms. The van der Waals surface area contributed by atoms with E-state index >= 15 is 0 Å². The molecule has 0 aromatic heterocycles. The minimum Gasteiger partial charge on any atom is -0.325 e. The second kappa shape index (κ2) is 2.26. The van der Waals surface area contributed by atoms with Crippen molar-refractivity contribution in [2.45, 2.75) is 18.1 Å². The standard InChI is InChI=1S/C9H9F2N/c10-7-4-2-1-3-6(7)9(11)5-8(9)12/h1-4,8H,5,12H2/t8-,9-/m0/s1. The fraction of sp³-hybridized carbons (Fsp3) is 0.333. The molecule has 0 unspecified atom stereocenters. The Kier molecular flexibility index (Phi) is 1.45. The fourth-order valence-corrected chi connectivity index (χ4v) is 1.37. The van der Waals surface area contributed by atoms with E-state index in [1.54, 1.807) is 6.07 Å². The Morgan fingerprint density at radius 3 is 2.50 bits per heavy atom. The molecule has 1 aromatic carbocycles. The number of hydrogen-bond donors (Lipinski definition) is 1. The van der Waals surface area contributed by atoms with Crippen LogP contribution in [0.25, 0.3) is 0 Å². The van der Waals surface area contributed by atoms with E-state index in [2.05, 4.69) is 0 Å². The van der Waals surface area contributed by atoms with Gasteiger partial charge in [-0.15, -0.1) is 0 Å². The van der Waals surface area contributed by atoms with Gasteiger partial charge in [0.25, 0.3) is 0 Å². The first kappa shape index (κ1) is 7.68. The van der Waals surface area contributed by atoms with Gasteiger partial charge in [-0.25, -0.2) is 8.78 Å². The molecule has 12 heavy (non-hydrogen) atoms. The lowest BCUT2D eigenvalue weighted by molar-refractivity contribution is 0.296. The molecule has 0 spiro atoms. The highest BCUT2D eigenvalue weighted by molar-refractivity contribution is 5.33. The van der Waals surface area contributed by atoms with Gasteiger partial charge in [0.05, 0.1) is 0 Å². The van der Waals surface area contributed by atoms with Crippen molar-refractivity contribution in [2.75, 3.05) is 0 Å². The molecule has 1 aromatic rings. The molecular weight excluding hydrogens is 160 g/mol. The third kappa shape index (κ3) is 0.932. The molecule has 0 radical (unpaired) electrons. The zero-order valence-electron chi connectivity index (χ0n) is 6.43. The van der Waals surface area contributed by atoms with Crippen LogP contribution in [-0.2, 0) is 5.67 Å². The second-order valence-corrected chi connectivity index (χ2v) is 3.15. The summed E-state index contributed by atoms with van der Waals surface area (Å²) < 4.78 is 26.5. The Hall–Kier alpha value is -0.960. The fourth-order valence-electron chi connectivity index (χ4n) is 1.37. The molecule has 0 saturated heterocycles. The molecule has 0 amide bonds. The van der Waals surface area contributed by atoms with Crippen molar-refractivity contribution in [2.24, 2.45) is 5.73 Å². The predicted octanol–water partition coefficient (Wildman–Crippen LogP) is 1.72. The van der Waals surface area contributed by atoms with Gasteiger partial charge in [0.2, 0.25) is 0 Å². The topological polar surface area (TPSA) is 26.0 Å². The highest BCUT2D eigenvalue weighted by atomic mass is 19.2. The molecule has 3 heteroatoms. The summed E-state index contributed by atoms with van der Waals surface area (Å²) in [5, 5.41) is 0. The van der Waals surface area contributed by atoms with Gasteiger partial charge in [0, 0.05) is 18.0 Å². The van der Waals surface area contributed by atoms with Crippen molar-refractivity contribution in [3.63, 3.8) is 0 Å². The van der Waals surface area contributed by atoms with Crippen LogP contribution >= 0.6 is 0 Å². The van der Waals surface area contributed by atoms with Crippen molar-refractivity contribution in [1.29, 1.82) is 0 Å². The van der Waals surface area contributed by atoms with E-state index in [1.807, 2.05) is 0 Å². The molecule has 1 aliphatic carbocycles. The molecule has 1 fully saturated rings. The average molecular weight is 169 g/mol. The molecule has 0 aliphatic heterocycles. The van der Waals surface area contributed by atoms with E-state index in [0.717, 1.165) is 0 Å². The van der Waals surface area contributed by atoms with Gasteiger partial charge in [0.1, 0.15) is 5.82 Å². The smallest absolute Gasteiger partial charge is 0.155 e. The second-order valence-electron chi connectivity index (χ2n) is 3.15. The molecular formula is C9H9F2N. The third-order valence-electron chi connectivity index (χ3n) is 2.27. The van der Waals surface area contributed by atoms with Crippen LogP contribution in [0.4, 0.5) is 8.78 Å². The lowest BCUT2D eigenvalue weighted by Crippen LogP contribution is -2.14. The van der Waals surface area contributed by atoms with E-state index in [9.17, 15) is 8.78 Å². The monoisotopic (exact) mass is 169 g/mol. The summed E-state index contributed by atoms with van der Waals surface area (Å²) in [6.07, 6.45) is 0.230. The highest BCUT2D eigenvalue weighted by Crippen LogP contribution is 2.48. The van der Waals surface area contributed by atoms with Gasteiger partial charge in [-0.1, -0.05) is 18.2 Å². The SMILES string of the molecule is N[C@H]1C[C@]1(F)c1ccccc1F. The summed E-state index contributed by atoms with van der Waals surface area (Å²) in [6.45, 7) is 0. The Labute approximate surface area is 69.2 Å². The number of alkyl halides is 1. The number of hydrogen-bond acceptors (Lipinski definition) is 1. The summed E-state index contributed by atoms with van der Waals surface area (Å²) in [5.74, 6) is -0.507. The number of nitrogens with two attached hydrogens (primary N) is 1. The average Bonchev–Trinajstić information content (AvgIpc) is 2.61. The maximum Gasteiger partial charge on any atom is 0.155 e. The predicted molar refractivity (Wildman–Crippen MR) is 41.8 cm³/mol. The largest absolute Gasteiger partial charge is 0.325 e. The zero-order chi connectivity index (χ0) is 8.77. The van der Waals surface area contributed by atoms with Gasteiger partial charge in [-0.05, 0) is 6.07 Å². The lowest BCUT2D eigenvalue weighted by Gasteiger charge is -2.06. The van der Waals surface area contributed by atoms with Crippen molar-refractivity contribution in [3.05, 3.63) is 35.6 Å². The van der Waals surface area contributed by atoms with Crippen LogP contribution in [-0.4, -0.2) is 6.04 Å². The van der Waals surface area contributed by atoms with Crippen molar-refractivity contribution in [1.82, 2.24) is 0 Å². The summed E-state index contributed by atoms with van der Waals surface area (Å²) in [5.41, 5.74) is 3.85. The first-order valence-electron chi connectivity index (χ1n) is 3.84. The Morgan fingerprint density at radius 1 is 1.42 bits per heavy atom. The number of benzene rings is 1. The van der Waals surface area contributed by atoms with Crippen LogP contribution in [0.5, 0.6) is 0 Å². The molecule has 64 valence electrons. The minimum absolute atomic E-state index is 0.0949. The van der Waals surface area contributed by atoms with Crippen LogP contribution in [0.3, 0.4) is 0 Å². The van der Waals surface area contributed by atoms with Gasteiger partial charge >= 0.3 is 0 Å². The lowest BCUT2D eigenvalue weighted by atomic mass is 10.1. The van der Waals surface area contributed by atoms with E-state index in [0.29, 0.717) is 0 Å². The number of halogens is 2. The zero-order valence-corrected chi connectivity index (χ0v) is 6.43. The molecule has 0 heterocycles. The first-order chi connectivity index (χ1) is 5.64. The van der Waals surface area contributed by atoms with Gasteiger partial charge in [-0.2, -0.15) is 0 Å². The van der Waals surface area contributed by atoms with Crippen LogP contribution in [0.15, 0.2) is 24.3 Å². The van der Waals surface area contributed by atoms with E-state index < -0.39 is 17.5 Å². The van der Waals surface area contributed by atoms with Crippen LogP contribution in [0, 0.1) is 5.82 Å². The number of rotatable bonds is 1. The first-order valence-corrected chi connectivity index (χ1v) is 3.84.